The molecule has 0 heterocycles. The monoisotopic (exact) mass is 514 g/mol. The van der Waals surface area contributed by atoms with Gasteiger partial charge in [-0.25, -0.2) is 4.79 Å². The first-order valence-electron chi connectivity index (χ1n) is 14.5. The van der Waals surface area contributed by atoms with Gasteiger partial charge in [0.05, 0.1) is 0 Å². The van der Waals surface area contributed by atoms with Gasteiger partial charge in [-0.3, -0.25) is 4.79 Å². The molecule has 4 fully saturated rings. The summed E-state index contributed by atoms with van der Waals surface area (Å²) in [4.78, 5) is 24.9. The highest BCUT2D eigenvalue weighted by atomic mass is 16.5. The predicted octanol–water partition coefficient (Wildman–Crippen LogP) is 5.60. The zero-order valence-corrected chi connectivity index (χ0v) is 24.1. The number of esters is 1. The molecule has 0 aromatic rings. The quantitative estimate of drug-likeness (QED) is 0.250. The van der Waals surface area contributed by atoms with Gasteiger partial charge in [0.2, 0.25) is 0 Å². The maximum absolute atomic E-state index is 12.7. The summed E-state index contributed by atoms with van der Waals surface area (Å²) < 4.78 is 5.93. The van der Waals surface area contributed by atoms with Crippen LogP contribution in [-0.2, 0) is 14.3 Å². The molecule has 4 saturated carbocycles. The van der Waals surface area contributed by atoms with Crippen LogP contribution < -0.4 is 11.5 Å². The Morgan fingerprint density at radius 3 is 2.32 bits per heavy atom. The van der Waals surface area contributed by atoms with Crippen LogP contribution in [0.25, 0.3) is 0 Å². The number of carboxylic acids is 1. The molecule has 4 aliphatic rings. The van der Waals surface area contributed by atoms with E-state index in [-0.39, 0.29) is 40.2 Å². The fourth-order valence-electron chi connectivity index (χ4n) is 9.97. The first kappa shape index (κ1) is 28.4. The smallest absolute Gasteiger partial charge is 0.331 e. The van der Waals surface area contributed by atoms with E-state index >= 15 is 0 Å². The minimum Gasteiger partial charge on any atom is -0.478 e. The van der Waals surface area contributed by atoms with Gasteiger partial charge in [-0.15, -0.1) is 0 Å². The lowest BCUT2D eigenvalue weighted by Crippen LogP contribution is -2.67. The van der Waals surface area contributed by atoms with E-state index in [1.165, 1.54) is 12.5 Å². The topological polar surface area (TPSA) is 116 Å². The Morgan fingerprint density at radius 1 is 1.05 bits per heavy atom. The van der Waals surface area contributed by atoms with Gasteiger partial charge in [0.1, 0.15) is 6.10 Å². The fraction of sp³-hybridized carbons (Fsp3) is 0.806. The standard InChI is InChI=1S/C31H50N2O4/c1-17(2)9-8-10-20(28(35)36)26-22-15-24(33)27-29(5)13-12-23(32)18(3)21(29)11-14-30(27,6)31(22,7)16-25(26)37-19(4)34/h9,18,21-25,27H,8,10-16,32-33H2,1-7H3,(H,35,36)/b26-20-/t18-,21-,22-,23?,24?,25-,27-,29-,30-,31-/m0/s1. The van der Waals surface area contributed by atoms with E-state index in [1.807, 2.05) is 13.8 Å². The van der Waals surface area contributed by atoms with Crippen LogP contribution in [0.5, 0.6) is 0 Å². The van der Waals surface area contributed by atoms with Crippen molar-refractivity contribution in [1.29, 1.82) is 0 Å². The molecule has 0 bridgehead atoms. The van der Waals surface area contributed by atoms with Gasteiger partial charge in [-0.05, 0) is 111 Å². The molecule has 208 valence electrons. The first-order valence-corrected chi connectivity index (χ1v) is 14.5. The summed E-state index contributed by atoms with van der Waals surface area (Å²) in [5.74, 6) is 0.101. The number of fused-ring (bicyclic) bond motifs is 5. The molecule has 2 unspecified atom stereocenters. The Balaban J connectivity index is 1.82. The Morgan fingerprint density at radius 2 is 1.73 bits per heavy atom. The maximum Gasteiger partial charge on any atom is 0.331 e. The minimum atomic E-state index is -0.898. The Kier molecular flexibility index (Phi) is 7.53. The summed E-state index contributed by atoms with van der Waals surface area (Å²) in [6.45, 7) is 15.0. The summed E-state index contributed by atoms with van der Waals surface area (Å²) in [5, 5.41) is 10.4. The number of carbonyl (C=O) groups is 2. The molecule has 10 atom stereocenters. The highest BCUT2D eigenvalue weighted by molar-refractivity contribution is 5.88. The lowest BCUT2D eigenvalue weighted by molar-refractivity contribution is -0.194. The van der Waals surface area contributed by atoms with Gasteiger partial charge in [-0.2, -0.15) is 0 Å². The normalized spacial score (nSPS) is 46.2. The molecule has 6 nitrogen and oxygen atoms in total. The number of hydrogen-bond donors (Lipinski definition) is 3. The molecule has 4 aliphatic carbocycles. The van der Waals surface area contributed by atoms with Crippen molar-refractivity contribution in [3.05, 3.63) is 22.8 Å². The molecule has 0 aromatic carbocycles. The molecule has 0 saturated heterocycles. The highest BCUT2D eigenvalue weighted by Crippen LogP contribution is 2.74. The van der Waals surface area contributed by atoms with E-state index < -0.39 is 12.1 Å². The number of ether oxygens (including phenoxy) is 1. The van der Waals surface area contributed by atoms with Crippen LogP contribution in [-0.4, -0.2) is 35.2 Å². The zero-order chi connectivity index (χ0) is 27.5. The average molecular weight is 515 g/mol. The third-order valence-electron chi connectivity index (χ3n) is 11.7. The number of allylic oxidation sites excluding steroid dienone is 2. The van der Waals surface area contributed by atoms with Crippen molar-refractivity contribution in [2.75, 3.05) is 0 Å². The number of rotatable bonds is 5. The average Bonchev–Trinajstić information content (AvgIpc) is 3.05. The summed E-state index contributed by atoms with van der Waals surface area (Å²) in [5.41, 5.74) is 16.0. The summed E-state index contributed by atoms with van der Waals surface area (Å²) in [6.07, 6.45) is 8.38. The molecule has 37 heavy (non-hydrogen) atoms. The minimum absolute atomic E-state index is 0.00526. The van der Waals surface area contributed by atoms with Crippen molar-refractivity contribution in [3.63, 3.8) is 0 Å². The van der Waals surface area contributed by atoms with E-state index in [0.717, 1.165) is 37.7 Å². The van der Waals surface area contributed by atoms with Crippen LogP contribution >= 0.6 is 0 Å². The molecule has 0 aliphatic heterocycles. The second-order valence-corrected chi connectivity index (χ2v) is 13.8. The van der Waals surface area contributed by atoms with E-state index in [9.17, 15) is 14.7 Å². The van der Waals surface area contributed by atoms with Gasteiger partial charge < -0.3 is 21.3 Å². The number of hydrogen-bond acceptors (Lipinski definition) is 5. The zero-order valence-electron chi connectivity index (χ0n) is 24.1. The lowest BCUT2D eigenvalue weighted by atomic mass is 9.36. The Bertz CT molecular complexity index is 999. The molecule has 6 heteroatoms. The van der Waals surface area contributed by atoms with Crippen molar-refractivity contribution >= 4 is 11.9 Å². The van der Waals surface area contributed by atoms with Crippen LogP contribution in [0.3, 0.4) is 0 Å². The van der Waals surface area contributed by atoms with Gasteiger partial charge >= 0.3 is 11.9 Å². The maximum atomic E-state index is 12.7. The SMILES string of the molecule is CC(=O)O[C@H]1C[C@@]2(C)[C@@H](CC(N)[C@H]3[C@@]4(C)CCC(N)[C@@H](C)[C@@H]4CC[C@@]32C)/C1=C(\CCC=C(C)C)C(=O)O. The Labute approximate surface area is 223 Å². The van der Waals surface area contributed by atoms with Crippen LogP contribution in [0.15, 0.2) is 22.8 Å². The summed E-state index contributed by atoms with van der Waals surface area (Å²) in [6, 6.07) is 0.218. The molecule has 5 N–H and O–H groups in total. The largest absolute Gasteiger partial charge is 0.478 e. The van der Waals surface area contributed by atoms with Crippen molar-refractivity contribution in [1.82, 2.24) is 0 Å². The molecule has 0 aromatic heterocycles. The molecule has 0 amide bonds. The molecular weight excluding hydrogens is 464 g/mol. The second-order valence-electron chi connectivity index (χ2n) is 13.8. The van der Waals surface area contributed by atoms with E-state index in [4.69, 9.17) is 16.2 Å². The van der Waals surface area contributed by atoms with Crippen molar-refractivity contribution < 1.29 is 19.4 Å². The molecule has 0 radical (unpaired) electrons. The predicted molar refractivity (Wildman–Crippen MR) is 146 cm³/mol. The van der Waals surface area contributed by atoms with Crippen LogP contribution in [0.2, 0.25) is 0 Å². The number of aliphatic carboxylic acids is 1. The molecule has 4 rings (SSSR count). The van der Waals surface area contributed by atoms with Crippen LogP contribution in [0.4, 0.5) is 0 Å². The van der Waals surface area contributed by atoms with E-state index in [0.29, 0.717) is 42.6 Å². The number of carboxylic acid groups (broad SMARTS) is 1. The lowest BCUT2D eigenvalue weighted by Gasteiger charge is -2.69. The third kappa shape index (κ3) is 4.40. The summed E-state index contributed by atoms with van der Waals surface area (Å²) >= 11 is 0. The van der Waals surface area contributed by atoms with Crippen LogP contribution in [0.1, 0.15) is 99.8 Å². The second kappa shape index (κ2) is 9.82. The van der Waals surface area contributed by atoms with E-state index in [2.05, 4.69) is 33.8 Å². The van der Waals surface area contributed by atoms with Crippen molar-refractivity contribution in [2.45, 2.75) is 118 Å². The van der Waals surface area contributed by atoms with Crippen molar-refractivity contribution in [3.8, 4) is 0 Å². The molecular formula is C31H50N2O4. The number of carbonyl (C=O) groups excluding carboxylic acids is 1. The van der Waals surface area contributed by atoms with Crippen LogP contribution in [0, 0.1) is 39.9 Å². The summed E-state index contributed by atoms with van der Waals surface area (Å²) in [7, 11) is 0. The van der Waals surface area contributed by atoms with Gasteiger partial charge in [0.15, 0.2) is 0 Å². The number of nitrogens with two attached hydrogens (primary N) is 2. The van der Waals surface area contributed by atoms with Crippen molar-refractivity contribution in [2.24, 2.45) is 51.4 Å². The van der Waals surface area contributed by atoms with Gasteiger partial charge in [-0.1, -0.05) is 39.3 Å². The molecule has 0 spiro atoms. The Hall–Kier alpha value is -1.66. The van der Waals surface area contributed by atoms with Gasteiger partial charge in [0.25, 0.3) is 0 Å². The third-order valence-corrected chi connectivity index (χ3v) is 11.7. The fourth-order valence-corrected chi connectivity index (χ4v) is 9.97. The van der Waals surface area contributed by atoms with Gasteiger partial charge in [0, 0.05) is 24.6 Å². The van der Waals surface area contributed by atoms with E-state index in [1.54, 1.807) is 0 Å². The highest BCUT2D eigenvalue weighted by Gasteiger charge is 2.70. The first-order chi connectivity index (χ1) is 17.2.